The van der Waals surface area contributed by atoms with Crippen LogP contribution in [0.1, 0.15) is 55.6 Å². The van der Waals surface area contributed by atoms with E-state index in [9.17, 15) is 4.79 Å². The zero-order valence-electron chi connectivity index (χ0n) is 21.1. The highest BCUT2D eigenvalue weighted by Gasteiger charge is 2.26. The van der Waals surface area contributed by atoms with Crippen molar-refractivity contribution in [2.75, 3.05) is 23.3 Å². The number of pyridine rings is 3. The number of hydrazone groups is 1. The quantitative estimate of drug-likeness (QED) is 0.373. The van der Waals surface area contributed by atoms with Gasteiger partial charge in [-0.2, -0.15) is 5.10 Å². The third kappa shape index (κ3) is 4.15. The second-order valence-electron chi connectivity index (χ2n) is 10.3. The second kappa shape index (κ2) is 9.51. The number of carbonyl (C=O) groups excluding carboxylic acids is 1. The Kier molecular flexibility index (Phi) is 5.71. The molecule has 0 unspecified atom stereocenters. The minimum Gasteiger partial charge on any atom is -0.355 e. The first kappa shape index (κ1) is 22.8. The molecule has 38 heavy (non-hydrogen) atoms. The van der Waals surface area contributed by atoms with Crippen molar-refractivity contribution in [3.63, 3.8) is 0 Å². The van der Waals surface area contributed by atoms with Crippen LogP contribution in [0.5, 0.6) is 0 Å². The molecule has 4 aromatic rings. The monoisotopic (exact) mass is 507 g/mol. The van der Waals surface area contributed by atoms with E-state index in [0.29, 0.717) is 23.8 Å². The highest BCUT2D eigenvalue weighted by Crippen LogP contribution is 2.30. The summed E-state index contributed by atoms with van der Waals surface area (Å²) in [5.74, 6) is 1.79. The van der Waals surface area contributed by atoms with Gasteiger partial charge in [0.05, 0.1) is 29.6 Å². The molecule has 192 valence electrons. The van der Waals surface area contributed by atoms with E-state index in [2.05, 4.69) is 41.8 Å². The Morgan fingerprint density at radius 1 is 1.00 bits per heavy atom. The molecule has 3 N–H and O–H groups in total. The lowest BCUT2D eigenvalue weighted by molar-refractivity contribution is -0.122. The summed E-state index contributed by atoms with van der Waals surface area (Å²) >= 11 is 0. The van der Waals surface area contributed by atoms with Crippen LogP contribution in [0.25, 0.3) is 22.2 Å². The molecule has 0 radical (unpaired) electrons. The molecule has 7 rings (SSSR count). The molecule has 4 aromatic heterocycles. The molecule has 1 saturated carbocycles. The highest BCUT2D eigenvalue weighted by atomic mass is 16.1. The molecule has 6 heterocycles. The number of rotatable bonds is 5. The number of amides is 1. The van der Waals surface area contributed by atoms with Crippen molar-refractivity contribution in [3.05, 3.63) is 60.1 Å². The summed E-state index contributed by atoms with van der Waals surface area (Å²) in [6.07, 6.45) is 13.8. The summed E-state index contributed by atoms with van der Waals surface area (Å²) < 4.78 is 0. The van der Waals surface area contributed by atoms with E-state index in [4.69, 9.17) is 9.97 Å². The number of nitrogens with one attached hydrogen (secondary N) is 3. The van der Waals surface area contributed by atoms with Gasteiger partial charge in [-0.15, -0.1) is 0 Å². The van der Waals surface area contributed by atoms with Crippen molar-refractivity contribution in [1.29, 1.82) is 0 Å². The van der Waals surface area contributed by atoms with Crippen molar-refractivity contribution in [1.82, 2.24) is 30.3 Å². The lowest BCUT2D eigenvalue weighted by Gasteiger charge is -2.27. The van der Waals surface area contributed by atoms with E-state index in [0.717, 1.165) is 71.6 Å². The molecular weight excluding hydrogens is 478 g/mol. The molecule has 10 nitrogen and oxygen atoms in total. The van der Waals surface area contributed by atoms with Gasteiger partial charge in [0.15, 0.2) is 11.6 Å². The first-order chi connectivity index (χ1) is 18.7. The number of fused-ring (bicyclic) bond motifs is 2. The van der Waals surface area contributed by atoms with Crippen molar-refractivity contribution >= 4 is 34.2 Å². The van der Waals surface area contributed by atoms with Crippen molar-refractivity contribution in [2.45, 2.75) is 45.1 Å². The number of nitrogens with zero attached hydrogens (tertiary/aromatic N) is 6. The Bertz CT molecular complexity index is 1550. The van der Waals surface area contributed by atoms with Crippen LogP contribution in [-0.2, 0) is 11.3 Å². The van der Waals surface area contributed by atoms with E-state index < -0.39 is 0 Å². The Labute approximate surface area is 220 Å². The number of hydrogen-bond donors (Lipinski definition) is 3. The number of anilines is 2. The topological polar surface area (TPSA) is 124 Å². The zero-order chi connectivity index (χ0) is 25.5. The first-order valence-corrected chi connectivity index (χ1v) is 13.4. The van der Waals surface area contributed by atoms with Crippen LogP contribution in [0, 0.1) is 5.92 Å². The second-order valence-corrected chi connectivity index (χ2v) is 10.3. The molecule has 0 bridgehead atoms. The Morgan fingerprint density at radius 3 is 2.71 bits per heavy atom. The molecular formula is C28H29N9O. The van der Waals surface area contributed by atoms with Gasteiger partial charge < -0.3 is 20.6 Å². The van der Waals surface area contributed by atoms with Crippen LogP contribution in [0.4, 0.5) is 11.5 Å². The zero-order valence-corrected chi connectivity index (χ0v) is 21.1. The van der Waals surface area contributed by atoms with Crippen molar-refractivity contribution in [3.8, 4) is 11.1 Å². The molecule has 0 spiro atoms. The molecule has 0 atom stereocenters. The van der Waals surface area contributed by atoms with Gasteiger partial charge in [0.2, 0.25) is 5.91 Å². The van der Waals surface area contributed by atoms with Gasteiger partial charge >= 0.3 is 0 Å². The highest BCUT2D eigenvalue weighted by molar-refractivity contribution is 6.13. The molecule has 2 aliphatic heterocycles. The smallest absolute Gasteiger partial charge is 0.227 e. The Hall–Kier alpha value is -4.34. The number of H-pyrrole nitrogens is 1. The third-order valence-electron chi connectivity index (χ3n) is 7.74. The Morgan fingerprint density at radius 2 is 1.87 bits per heavy atom. The normalized spacial score (nSPS) is 17.4. The number of carbonyl (C=O) groups is 1. The molecule has 3 aliphatic rings. The lowest BCUT2D eigenvalue weighted by atomic mass is 9.85. The maximum absolute atomic E-state index is 12.4. The summed E-state index contributed by atoms with van der Waals surface area (Å²) in [5.41, 5.74) is 9.91. The number of piperidine rings is 1. The summed E-state index contributed by atoms with van der Waals surface area (Å²) in [7, 11) is 0. The van der Waals surface area contributed by atoms with E-state index in [1.807, 2.05) is 24.5 Å². The minimum absolute atomic E-state index is 0.0718. The number of hydrogen-bond acceptors (Lipinski definition) is 8. The van der Waals surface area contributed by atoms with Crippen LogP contribution in [0.2, 0.25) is 0 Å². The minimum atomic E-state index is 0.0718. The Balaban J connectivity index is 1.22. The lowest BCUT2D eigenvalue weighted by Crippen LogP contribution is -2.30. The first-order valence-electron chi connectivity index (χ1n) is 13.4. The fraction of sp³-hybridized carbons (Fsp3) is 0.357. The fourth-order valence-electron chi connectivity index (χ4n) is 5.38. The van der Waals surface area contributed by atoms with Crippen molar-refractivity contribution in [2.24, 2.45) is 11.0 Å². The van der Waals surface area contributed by atoms with Gasteiger partial charge in [-0.1, -0.05) is 6.42 Å². The summed E-state index contributed by atoms with van der Waals surface area (Å²) in [4.78, 5) is 37.0. The number of aromatic amines is 1. The maximum Gasteiger partial charge on any atom is 0.227 e. The van der Waals surface area contributed by atoms with Crippen LogP contribution in [0.15, 0.2) is 48.1 Å². The maximum atomic E-state index is 12.4. The predicted octanol–water partition coefficient (Wildman–Crippen LogP) is 4.00. The molecule has 1 saturated heterocycles. The van der Waals surface area contributed by atoms with Crippen LogP contribution in [-0.4, -0.2) is 49.6 Å². The average Bonchev–Trinajstić information content (AvgIpc) is 3.36. The molecule has 0 aromatic carbocycles. The SMILES string of the molecule is O=C(Nc1cncc(-c2cnc3c(c2)C(c2nc4c(N5CCCCC5)nccc4[nH]2)=NNC3)c1)C1CCC1. The van der Waals surface area contributed by atoms with Gasteiger partial charge in [0.25, 0.3) is 0 Å². The summed E-state index contributed by atoms with van der Waals surface area (Å²) in [6, 6.07) is 5.98. The van der Waals surface area contributed by atoms with Gasteiger partial charge in [-0.25, -0.2) is 9.97 Å². The van der Waals surface area contributed by atoms with Crippen LogP contribution >= 0.6 is 0 Å². The van der Waals surface area contributed by atoms with Gasteiger partial charge in [0.1, 0.15) is 11.2 Å². The van der Waals surface area contributed by atoms with Gasteiger partial charge in [0, 0.05) is 54.3 Å². The molecule has 2 fully saturated rings. The predicted molar refractivity (Wildman–Crippen MR) is 146 cm³/mol. The van der Waals surface area contributed by atoms with E-state index in [1.54, 1.807) is 12.4 Å². The van der Waals surface area contributed by atoms with Gasteiger partial charge in [-0.05, 0) is 50.3 Å². The third-order valence-corrected chi connectivity index (χ3v) is 7.74. The molecule has 1 amide bonds. The van der Waals surface area contributed by atoms with Crippen LogP contribution in [0.3, 0.4) is 0 Å². The van der Waals surface area contributed by atoms with Crippen molar-refractivity contribution < 1.29 is 4.79 Å². The van der Waals surface area contributed by atoms with E-state index >= 15 is 0 Å². The number of aromatic nitrogens is 5. The van der Waals surface area contributed by atoms with E-state index in [1.165, 1.54) is 19.3 Å². The average molecular weight is 508 g/mol. The summed E-state index contributed by atoms with van der Waals surface area (Å²) in [5, 5.41) is 7.65. The van der Waals surface area contributed by atoms with E-state index in [-0.39, 0.29) is 11.8 Å². The summed E-state index contributed by atoms with van der Waals surface area (Å²) in [6.45, 7) is 2.54. The fourth-order valence-corrected chi connectivity index (χ4v) is 5.38. The molecule has 10 heteroatoms. The molecule has 1 aliphatic carbocycles. The van der Waals surface area contributed by atoms with Crippen LogP contribution < -0.4 is 15.6 Å². The standard InChI is InChI=1S/C28H29N9O/c38-28(17-5-4-6-17)33-20-11-18(13-29-15-20)19-12-21-23(31-14-19)16-32-36-24(21)26-34-22-7-8-30-27(25(22)35-26)37-9-2-1-3-10-37/h7-8,11-15,17,32H,1-6,9-10,16H2,(H,33,38)(H,34,35). The van der Waals surface area contributed by atoms with Gasteiger partial charge in [-0.3, -0.25) is 14.8 Å². The largest absolute Gasteiger partial charge is 0.355 e. The number of imidazole rings is 1.